The number of carbonyl (C=O) groups excluding carboxylic acids is 1. The van der Waals surface area contributed by atoms with Crippen LogP contribution in [0.2, 0.25) is 0 Å². The molecule has 4 rings (SSSR count). The van der Waals surface area contributed by atoms with Gasteiger partial charge in [0.25, 0.3) is 0 Å². The van der Waals surface area contributed by atoms with Crippen LogP contribution in [0.25, 0.3) is 10.8 Å². The number of likely N-dealkylation sites (N-methyl/N-ethyl adjacent to an activating group) is 1. The van der Waals surface area contributed by atoms with Crippen LogP contribution in [0.3, 0.4) is 0 Å². The number of rotatable bonds is 6. The molecule has 0 bridgehead atoms. The molecule has 0 radical (unpaired) electrons. The van der Waals surface area contributed by atoms with Crippen LogP contribution in [0.4, 0.5) is 0 Å². The zero-order valence-corrected chi connectivity index (χ0v) is 19.1. The van der Waals surface area contributed by atoms with Crippen molar-refractivity contribution in [2.24, 2.45) is 0 Å². The van der Waals surface area contributed by atoms with E-state index in [2.05, 4.69) is 28.0 Å². The molecule has 2 heterocycles. The average molecular weight is 446 g/mol. The third kappa shape index (κ3) is 5.37. The van der Waals surface area contributed by atoms with Crippen molar-refractivity contribution in [2.45, 2.75) is 19.0 Å². The van der Waals surface area contributed by atoms with Crippen LogP contribution < -0.4 is 4.74 Å². The summed E-state index contributed by atoms with van der Waals surface area (Å²) >= 11 is 0. The van der Waals surface area contributed by atoms with Gasteiger partial charge in [0, 0.05) is 45.8 Å². The summed E-state index contributed by atoms with van der Waals surface area (Å²) in [6.07, 6.45) is 0.739. The highest BCUT2D eigenvalue weighted by Crippen LogP contribution is 2.23. The number of carbonyl (C=O) groups is 1. The van der Waals surface area contributed by atoms with Crippen LogP contribution in [0, 0.1) is 0 Å². The van der Waals surface area contributed by atoms with E-state index >= 15 is 0 Å². The Morgan fingerprint density at radius 2 is 1.81 bits per heavy atom. The van der Waals surface area contributed by atoms with Crippen molar-refractivity contribution in [2.75, 3.05) is 58.4 Å². The van der Waals surface area contributed by atoms with Gasteiger partial charge in [-0.05, 0) is 41.0 Å². The highest BCUT2D eigenvalue weighted by Gasteiger charge is 2.33. The normalized spacial score (nSPS) is 21.9. The molecule has 0 aliphatic carbocycles. The average Bonchev–Trinajstić information content (AvgIpc) is 3.13. The van der Waals surface area contributed by atoms with E-state index in [4.69, 9.17) is 4.74 Å². The fourth-order valence-corrected chi connectivity index (χ4v) is 6.28. The van der Waals surface area contributed by atoms with Gasteiger partial charge in [-0.25, -0.2) is 8.42 Å². The maximum Gasteiger partial charge on any atom is 0.236 e. The molecule has 1 amide bonds. The molecule has 1 unspecified atom stereocenters. The number of sulfone groups is 1. The molecule has 168 valence electrons. The number of hydrogen-bond donors (Lipinski definition) is 0. The van der Waals surface area contributed by atoms with Crippen molar-refractivity contribution in [3.63, 3.8) is 0 Å². The highest BCUT2D eigenvalue weighted by molar-refractivity contribution is 7.91. The molecular weight excluding hydrogens is 414 g/mol. The monoisotopic (exact) mass is 445 g/mol. The number of nitrogens with zero attached hydrogens (tertiary/aromatic N) is 3. The SMILES string of the molecule is COc1ccc2cc(CN(C)C(=O)CN3CCN(C4CCS(=O)(=O)C4)CC3)ccc2c1. The first-order valence-corrected chi connectivity index (χ1v) is 12.6. The lowest BCUT2D eigenvalue weighted by Gasteiger charge is -2.37. The molecule has 0 saturated carbocycles. The van der Waals surface area contributed by atoms with Crippen molar-refractivity contribution in [1.82, 2.24) is 14.7 Å². The van der Waals surface area contributed by atoms with Crippen LogP contribution in [-0.2, 0) is 21.2 Å². The number of benzene rings is 2. The maximum atomic E-state index is 12.8. The van der Waals surface area contributed by atoms with Crippen molar-refractivity contribution in [3.05, 3.63) is 42.0 Å². The first-order chi connectivity index (χ1) is 14.8. The molecule has 2 saturated heterocycles. The number of methoxy groups -OCH3 is 1. The Kier molecular flexibility index (Phi) is 6.50. The fraction of sp³-hybridized carbons (Fsp3) is 0.522. The van der Waals surface area contributed by atoms with Gasteiger partial charge in [-0.15, -0.1) is 0 Å². The van der Waals surface area contributed by atoms with E-state index in [0.29, 0.717) is 18.8 Å². The maximum absolute atomic E-state index is 12.8. The molecule has 2 aliphatic heterocycles. The van der Waals surface area contributed by atoms with Gasteiger partial charge >= 0.3 is 0 Å². The van der Waals surface area contributed by atoms with Gasteiger partial charge < -0.3 is 9.64 Å². The Morgan fingerprint density at radius 1 is 1.10 bits per heavy atom. The first-order valence-electron chi connectivity index (χ1n) is 10.8. The summed E-state index contributed by atoms with van der Waals surface area (Å²) < 4.78 is 28.7. The largest absolute Gasteiger partial charge is 0.497 e. The number of piperazine rings is 1. The van der Waals surface area contributed by atoms with E-state index in [-0.39, 0.29) is 17.7 Å². The minimum absolute atomic E-state index is 0.103. The molecule has 0 N–H and O–H groups in total. The Hall–Kier alpha value is -2.16. The second kappa shape index (κ2) is 9.14. The van der Waals surface area contributed by atoms with Gasteiger partial charge in [0.05, 0.1) is 25.2 Å². The second-order valence-corrected chi connectivity index (χ2v) is 10.9. The third-order valence-electron chi connectivity index (χ3n) is 6.45. The summed E-state index contributed by atoms with van der Waals surface area (Å²) in [5.74, 6) is 1.53. The second-order valence-electron chi connectivity index (χ2n) is 8.67. The summed E-state index contributed by atoms with van der Waals surface area (Å²) in [5.41, 5.74) is 1.10. The molecule has 31 heavy (non-hydrogen) atoms. The predicted molar refractivity (Wildman–Crippen MR) is 122 cm³/mol. The van der Waals surface area contributed by atoms with Crippen molar-refractivity contribution in [1.29, 1.82) is 0 Å². The fourth-order valence-electron chi connectivity index (χ4n) is 4.52. The molecule has 2 fully saturated rings. The first kappa shape index (κ1) is 22.0. The van der Waals surface area contributed by atoms with Crippen molar-refractivity contribution >= 4 is 26.5 Å². The topological polar surface area (TPSA) is 70.2 Å². The molecule has 1 atom stereocenters. The van der Waals surface area contributed by atoms with E-state index in [1.54, 1.807) is 12.0 Å². The van der Waals surface area contributed by atoms with Crippen molar-refractivity contribution in [3.8, 4) is 5.75 Å². The quantitative estimate of drug-likeness (QED) is 0.673. The molecule has 2 aliphatic rings. The molecule has 7 nitrogen and oxygen atoms in total. The number of ether oxygens (including phenoxy) is 1. The molecule has 2 aromatic rings. The number of amides is 1. The Labute approximate surface area is 184 Å². The Balaban J connectivity index is 1.28. The van der Waals surface area contributed by atoms with Gasteiger partial charge in [0.2, 0.25) is 5.91 Å². The highest BCUT2D eigenvalue weighted by atomic mass is 32.2. The zero-order chi connectivity index (χ0) is 22.0. The Bertz CT molecular complexity index is 1050. The summed E-state index contributed by atoms with van der Waals surface area (Å²) in [4.78, 5) is 19.0. The number of fused-ring (bicyclic) bond motifs is 1. The molecular formula is C23H31N3O4S. The summed E-state index contributed by atoms with van der Waals surface area (Å²) in [6, 6.07) is 12.4. The van der Waals surface area contributed by atoms with Gasteiger partial charge in [-0.3, -0.25) is 14.6 Å². The van der Waals surface area contributed by atoms with Gasteiger partial charge in [0.15, 0.2) is 9.84 Å². The molecule has 0 spiro atoms. The standard InChI is InChI=1S/C23H31N3O4S/c1-24(15-18-3-4-20-14-22(30-2)6-5-19(20)13-18)23(27)16-25-8-10-26(11-9-25)21-7-12-31(28,29)17-21/h3-6,13-14,21H,7-12,15-17H2,1-2H3. The van der Waals surface area contributed by atoms with Crippen molar-refractivity contribution < 1.29 is 17.9 Å². The van der Waals surface area contributed by atoms with E-state index in [1.165, 1.54) is 0 Å². The van der Waals surface area contributed by atoms with E-state index in [0.717, 1.165) is 54.7 Å². The van der Waals surface area contributed by atoms with E-state index in [1.807, 2.05) is 25.2 Å². The lowest BCUT2D eigenvalue weighted by molar-refractivity contribution is -0.132. The van der Waals surface area contributed by atoms with Gasteiger partial charge in [-0.2, -0.15) is 0 Å². The van der Waals surface area contributed by atoms with Crippen LogP contribution in [0.5, 0.6) is 5.75 Å². The Morgan fingerprint density at radius 3 is 2.48 bits per heavy atom. The zero-order valence-electron chi connectivity index (χ0n) is 18.3. The summed E-state index contributed by atoms with van der Waals surface area (Å²) in [6.45, 7) is 4.22. The summed E-state index contributed by atoms with van der Waals surface area (Å²) in [7, 11) is 0.651. The smallest absolute Gasteiger partial charge is 0.236 e. The van der Waals surface area contributed by atoms with Crippen LogP contribution >= 0.6 is 0 Å². The van der Waals surface area contributed by atoms with Crippen LogP contribution in [0.15, 0.2) is 36.4 Å². The van der Waals surface area contributed by atoms with Crippen LogP contribution in [-0.4, -0.2) is 93.5 Å². The van der Waals surface area contributed by atoms with Gasteiger partial charge in [-0.1, -0.05) is 18.2 Å². The molecule has 2 aromatic carbocycles. The minimum atomic E-state index is -2.86. The third-order valence-corrected chi connectivity index (χ3v) is 8.20. The summed E-state index contributed by atoms with van der Waals surface area (Å²) in [5, 5.41) is 2.24. The van der Waals surface area contributed by atoms with Gasteiger partial charge in [0.1, 0.15) is 5.75 Å². The molecule has 8 heteroatoms. The van der Waals surface area contributed by atoms with E-state index in [9.17, 15) is 13.2 Å². The number of hydrogen-bond acceptors (Lipinski definition) is 6. The van der Waals surface area contributed by atoms with E-state index < -0.39 is 9.84 Å². The van der Waals surface area contributed by atoms with Crippen LogP contribution in [0.1, 0.15) is 12.0 Å². The lowest BCUT2D eigenvalue weighted by Crippen LogP contribution is -2.52. The minimum Gasteiger partial charge on any atom is -0.497 e. The predicted octanol–water partition coefficient (Wildman–Crippen LogP) is 1.61. The molecule has 0 aromatic heterocycles. The lowest BCUT2D eigenvalue weighted by atomic mass is 10.1.